The number of thiophene rings is 1. The third-order valence-electron chi connectivity index (χ3n) is 4.05. The highest BCUT2D eigenvalue weighted by Gasteiger charge is 2.19. The van der Waals surface area contributed by atoms with Crippen LogP contribution in [-0.2, 0) is 0 Å². The molecular formula is C19H12ClN3O3S2. The van der Waals surface area contributed by atoms with E-state index in [4.69, 9.17) is 11.6 Å². The normalized spacial score (nSPS) is 11.5. The van der Waals surface area contributed by atoms with Crippen molar-refractivity contribution in [2.45, 2.75) is 6.92 Å². The summed E-state index contributed by atoms with van der Waals surface area (Å²) in [6, 6.07) is 8.16. The Morgan fingerprint density at radius 3 is 2.89 bits per heavy atom. The van der Waals surface area contributed by atoms with Crippen LogP contribution in [0.25, 0.3) is 22.3 Å². The maximum atomic E-state index is 12.4. The molecule has 0 radical (unpaired) electrons. The standard InChI is InChI=1S/C19H12ClN3O3S2/c1-11-10-22-14(6-7-16(24)17-3-2-8-27-17)18(21-19(22)28-11)12-4-5-13(20)15(9-12)23(25)26/h2-10H,1H3/b7-6+. The first kappa shape index (κ1) is 18.5. The molecule has 0 unspecified atom stereocenters. The summed E-state index contributed by atoms with van der Waals surface area (Å²) in [5.74, 6) is -0.107. The van der Waals surface area contributed by atoms with Gasteiger partial charge in [-0.3, -0.25) is 19.3 Å². The first-order chi connectivity index (χ1) is 13.4. The smallest absolute Gasteiger partial charge is 0.288 e. The van der Waals surface area contributed by atoms with Crippen LogP contribution in [0.3, 0.4) is 0 Å². The molecule has 28 heavy (non-hydrogen) atoms. The van der Waals surface area contributed by atoms with Crippen molar-refractivity contribution in [2.75, 3.05) is 0 Å². The van der Waals surface area contributed by atoms with Gasteiger partial charge in [-0.15, -0.1) is 22.7 Å². The number of imidazole rings is 1. The van der Waals surface area contributed by atoms with Crippen LogP contribution in [0.15, 0.2) is 48.0 Å². The molecule has 0 aliphatic heterocycles. The van der Waals surface area contributed by atoms with Gasteiger partial charge in [0.15, 0.2) is 10.7 Å². The summed E-state index contributed by atoms with van der Waals surface area (Å²) in [6.07, 6.45) is 5.12. The van der Waals surface area contributed by atoms with Gasteiger partial charge in [0.1, 0.15) is 5.02 Å². The zero-order valence-corrected chi connectivity index (χ0v) is 16.8. The number of aromatic nitrogens is 2. The molecule has 0 aliphatic carbocycles. The second-order valence-electron chi connectivity index (χ2n) is 5.94. The van der Waals surface area contributed by atoms with Crippen LogP contribution in [0, 0.1) is 17.0 Å². The summed E-state index contributed by atoms with van der Waals surface area (Å²) < 4.78 is 1.88. The molecule has 0 saturated heterocycles. The molecule has 4 aromatic rings. The van der Waals surface area contributed by atoms with Crippen LogP contribution in [0.4, 0.5) is 5.69 Å². The molecule has 0 amide bonds. The minimum Gasteiger partial charge on any atom is -0.290 e. The van der Waals surface area contributed by atoms with Gasteiger partial charge in [-0.1, -0.05) is 23.7 Å². The predicted molar refractivity (Wildman–Crippen MR) is 113 cm³/mol. The molecule has 0 bridgehead atoms. The average molecular weight is 430 g/mol. The monoisotopic (exact) mass is 429 g/mol. The number of thiazole rings is 1. The Kier molecular flexibility index (Phi) is 4.84. The fourth-order valence-electron chi connectivity index (χ4n) is 2.80. The molecule has 0 saturated carbocycles. The van der Waals surface area contributed by atoms with E-state index in [1.807, 2.05) is 29.0 Å². The molecule has 1 aromatic carbocycles. The van der Waals surface area contributed by atoms with Gasteiger partial charge in [-0.25, -0.2) is 4.98 Å². The maximum absolute atomic E-state index is 12.4. The lowest BCUT2D eigenvalue weighted by molar-refractivity contribution is -0.384. The molecule has 0 fully saturated rings. The number of halogens is 1. The summed E-state index contributed by atoms with van der Waals surface area (Å²) in [5.41, 5.74) is 1.62. The fraction of sp³-hybridized carbons (Fsp3) is 0.0526. The van der Waals surface area contributed by atoms with Crippen molar-refractivity contribution in [1.29, 1.82) is 0 Å². The van der Waals surface area contributed by atoms with Crippen LogP contribution in [-0.4, -0.2) is 20.1 Å². The summed E-state index contributed by atoms with van der Waals surface area (Å²) in [6.45, 7) is 1.97. The van der Waals surface area contributed by atoms with Crippen molar-refractivity contribution >= 4 is 56.8 Å². The zero-order chi connectivity index (χ0) is 19.8. The number of benzene rings is 1. The van der Waals surface area contributed by atoms with Gasteiger partial charge in [0.25, 0.3) is 5.69 Å². The summed E-state index contributed by atoms with van der Waals surface area (Å²) in [5, 5.41) is 13.2. The van der Waals surface area contributed by atoms with Crippen molar-refractivity contribution in [3.8, 4) is 11.3 Å². The molecule has 6 nitrogen and oxygen atoms in total. The first-order valence-electron chi connectivity index (χ1n) is 8.13. The molecule has 0 aliphatic rings. The Morgan fingerprint density at radius 1 is 1.36 bits per heavy atom. The molecule has 4 rings (SSSR count). The Morgan fingerprint density at radius 2 is 2.18 bits per heavy atom. The van der Waals surface area contributed by atoms with Gasteiger partial charge in [-0.2, -0.15) is 0 Å². The minimum atomic E-state index is -0.524. The van der Waals surface area contributed by atoms with Crippen molar-refractivity contribution in [1.82, 2.24) is 9.38 Å². The minimum absolute atomic E-state index is 0.0654. The van der Waals surface area contributed by atoms with E-state index in [0.717, 1.165) is 9.84 Å². The van der Waals surface area contributed by atoms with E-state index in [0.29, 0.717) is 21.8 Å². The quantitative estimate of drug-likeness (QED) is 0.171. The molecule has 0 N–H and O–H groups in total. The van der Waals surface area contributed by atoms with Crippen LogP contribution >= 0.6 is 34.3 Å². The Labute approximate surface area is 172 Å². The van der Waals surface area contributed by atoms with Gasteiger partial charge in [0, 0.05) is 22.7 Å². The highest BCUT2D eigenvalue weighted by molar-refractivity contribution is 7.17. The number of nitrogens with zero attached hydrogens (tertiary/aromatic N) is 3. The zero-order valence-electron chi connectivity index (χ0n) is 14.5. The molecule has 0 atom stereocenters. The van der Waals surface area contributed by atoms with Crippen LogP contribution in [0.2, 0.25) is 5.02 Å². The van der Waals surface area contributed by atoms with Gasteiger partial charge in [0.05, 0.1) is 21.2 Å². The van der Waals surface area contributed by atoms with Crippen LogP contribution in [0.1, 0.15) is 20.2 Å². The predicted octanol–water partition coefficient (Wildman–Crippen LogP) is 5.89. The summed E-state index contributed by atoms with van der Waals surface area (Å²) in [7, 11) is 0. The second-order valence-corrected chi connectivity index (χ2v) is 8.51. The number of aryl methyl sites for hydroxylation is 1. The maximum Gasteiger partial charge on any atom is 0.288 e. The van der Waals surface area contributed by atoms with E-state index in [-0.39, 0.29) is 16.5 Å². The number of hydrogen-bond donors (Lipinski definition) is 0. The number of fused-ring (bicyclic) bond motifs is 1. The summed E-state index contributed by atoms with van der Waals surface area (Å²) >= 11 is 8.81. The molecule has 3 heterocycles. The number of allylic oxidation sites excluding steroid dienone is 1. The molecule has 3 aromatic heterocycles. The van der Waals surface area contributed by atoms with Crippen molar-refractivity contribution in [3.05, 3.63) is 78.6 Å². The van der Waals surface area contributed by atoms with Gasteiger partial charge in [0.2, 0.25) is 0 Å². The number of rotatable bonds is 5. The lowest BCUT2D eigenvalue weighted by Gasteiger charge is -2.02. The van der Waals surface area contributed by atoms with Crippen LogP contribution in [0.5, 0.6) is 0 Å². The van der Waals surface area contributed by atoms with Crippen molar-refractivity contribution < 1.29 is 9.72 Å². The third-order valence-corrected chi connectivity index (χ3v) is 6.15. The Hall–Kier alpha value is -2.81. The van der Waals surface area contributed by atoms with E-state index in [9.17, 15) is 14.9 Å². The van der Waals surface area contributed by atoms with Crippen molar-refractivity contribution in [3.63, 3.8) is 0 Å². The van der Waals surface area contributed by atoms with E-state index in [2.05, 4.69) is 4.98 Å². The molecule has 140 valence electrons. The van der Waals surface area contributed by atoms with E-state index in [1.165, 1.54) is 40.9 Å². The average Bonchev–Trinajstić information content (AvgIpc) is 3.36. The fourth-order valence-corrected chi connectivity index (χ4v) is 4.46. The third kappa shape index (κ3) is 3.37. The number of hydrogen-bond acceptors (Lipinski definition) is 6. The van der Waals surface area contributed by atoms with Gasteiger partial charge in [-0.05, 0) is 36.6 Å². The highest BCUT2D eigenvalue weighted by atomic mass is 35.5. The lowest BCUT2D eigenvalue weighted by atomic mass is 10.1. The van der Waals surface area contributed by atoms with E-state index in [1.54, 1.807) is 18.2 Å². The van der Waals surface area contributed by atoms with Crippen molar-refractivity contribution in [2.24, 2.45) is 0 Å². The van der Waals surface area contributed by atoms with E-state index >= 15 is 0 Å². The summed E-state index contributed by atoms with van der Waals surface area (Å²) in [4.78, 5) is 30.2. The molecular weight excluding hydrogens is 418 g/mol. The Bertz CT molecular complexity index is 1240. The lowest BCUT2D eigenvalue weighted by Crippen LogP contribution is -1.93. The number of nitro benzene ring substituents is 1. The van der Waals surface area contributed by atoms with Crippen LogP contribution < -0.4 is 0 Å². The highest BCUT2D eigenvalue weighted by Crippen LogP contribution is 2.34. The number of ketones is 1. The topological polar surface area (TPSA) is 77.5 Å². The number of nitro groups is 1. The Balaban J connectivity index is 1.84. The SMILES string of the molecule is Cc1cn2c(/C=C/C(=O)c3cccs3)c(-c3ccc(Cl)c([N+](=O)[O-])c3)nc2s1. The molecule has 0 spiro atoms. The van der Waals surface area contributed by atoms with E-state index < -0.39 is 4.92 Å². The number of carbonyl (C=O) groups excluding carboxylic acids is 1. The number of carbonyl (C=O) groups is 1. The van der Waals surface area contributed by atoms with Gasteiger partial charge >= 0.3 is 0 Å². The largest absolute Gasteiger partial charge is 0.290 e. The molecule has 9 heteroatoms. The second kappa shape index (κ2) is 7.31. The first-order valence-corrected chi connectivity index (χ1v) is 10.2. The van der Waals surface area contributed by atoms with Gasteiger partial charge < -0.3 is 0 Å².